The van der Waals surface area contributed by atoms with Crippen molar-refractivity contribution in [2.45, 2.75) is 11.4 Å². The summed E-state index contributed by atoms with van der Waals surface area (Å²) in [5.74, 6) is -4.14. The Bertz CT molecular complexity index is 975. The van der Waals surface area contributed by atoms with Crippen LogP contribution in [0.1, 0.15) is 5.82 Å². The summed E-state index contributed by atoms with van der Waals surface area (Å²) < 4.78 is 8.86. The second-order valence-corrected chi connectivity index (χ2v) is 7.59. The number of carboxylic acid groups (broad SMARTS) is 2. The number of methoxy groups -OCH3 is 1. The largest absolute Gasteiger partial charge is 0.498 e. The van der Waals surface area contributed by atoms with Gasteiger partial charge >= 0.3 is 11.9 Å². The number of carboxylic acids is 2. The van der Waals surface area contributed by atoms with Crippen molar-refractivity contribution in [3.63, 3.8) is 0 Å². The number of hydrogen-bond acceptors (Lipinski definition) is 12. The molecule has 1 aromatic rings. The lowest BCUT2D eigenvalue weighted by atomic mass is 10.0. The summed E-state index contributed by atoms with van der Waals surface area (Å²) in [6.45, 7) is -0.822. The predicted molar refractivity (Wildman–Crippen MR) is 101 cm³/mol. The minimum absolute atomic E-state index is 0.0285. The molecule has 0 aliphatic carbocycles. The van der Waals surface area contributed by atoms with Crippen molar-refractivity contribution in [2.24, 2.45) is 5.16 Å². The number of thioether (sulfide) groups is 1. The average molecular weight is 458 g/mol. The Kier molecular flexibility index (Phi) is 6.06. The number of β-lactam (4-membered cyclic amide) rings is 1. The average Bonchev–Trinajstić information content (AvgIpc) is 3.13. The number of amides is 2. The van der Waals surface area contributed by atoms with E-state index in [4.69, 9.17) is 15.6 Å². The Morgan fingerprint density at radius 2 is 2.13 bits per heavy atom. The van der Waals surface area contributed by atoms with E-state index in [1.807, 2.05) is 0 Å². The zero-order valence-corrected chi connectivity index (χ0v) is 16.7. The molecule has 2 aliphatic heterocycles. The van der Waals surface area contributed by atoms with E-state index in [0.29, 0.717) is 0 Å². The van der Waals surface area contributed by atoms with Gasteiger partial charge in [0.05, 0.1) is 12.9 Å². The summed E-state index contributed by atoms with van der Waals surface area (Å²) in [4.78, 5) is 56.7. The molecule has 0 saturated carbocycles. The molecule has 1 fully saturated rings. The number of fused-ring (bicyclic) bond motifs is 1. The predicted octanol–water partition coefficient (Wildman–Crippen LogP) is -1.73. The Labute approximate surface area is 175 Å². The van der Waals surface area contributed by atoms with Crippen LogP contribution in [0.3, 0.4) is 0 Å². The van der Waals surface area contributed by atoms with Gasteiger partial charge < -0.3 is 30.8 Å². The van der Waals surface area contributed by atoms with Crippen LogP contribution in [0.4, 0.5) is 5.13 Å². The van der Waals surface area contributed by atoms with Crippen LogP contribution in [-0.2, 0) is 28.8 Å². The molecule has 2 amide bonds. The molecule has 160 valence electrons. The molecule has 0 aromatic carbocycles. The number of hydrogen-bond donors (Lipinski definition) is 4. The van der Waals surface area contributed by atoms with Gasteiger partial charge in [0.2, 0.25) is 18.1 Å². The van der Waals surface area contributed by atoms with Crippen LogP contribution in [0.2, 0.25) is 0 Å². The quantitative estimate of drug-likeness (QED) is 0.195. The van der Waals surface area contributed by atoms with Crippen molar-refractivity contribution < 1.29 is 39.0 Å². The van der Waals surface area contributed by atoms with Gasteiger partial charge in [-0.25, -0.2) is 9.59 Å². The van der Waals surface area contributed by atoms with E-state index in [-0.39, 0.29) is 28.2 Å². The van der Waals surface area contributed by atoms with Gasteiger partial charge in [-0.2, -0.15) is 9.36 Å². The molecule has 3 rings (SSSR count). The second kappa shape index (κ2) is 8.54. The van der Waals surface area contributed by atoms with E-state index in [9.17, 15) is 24.3 Å². The summed E-state index contributed by atoms with van der Waals surface area (Å²) in [6, 6.07) is -1.06. The van der Waals surface area contributed by atoms with Crippen LogP contribution in [0.15, 0.2) is 16.6 Å². The highest BCUT2D eigenvalue weighted by molar-refractivity contribution is 8.00. The zero-order chi connectivity index (χ0) is 22.0. The number of carbonyl (C=O) groups is 4. The number of nitrogens with zero attached hydrogens (tertiary/aromatic N) is 4. The Hall–Kier alpha value is -3.40. The van der Waals surface area contributed by atoms with Gasteiger partial charge in [0.25, 0.3) is 11.8 Å². The molecule has 16 heteroatoms. The minimum atomic E-state index is -1.33. The van der Waals surface area contributed by atoms with E-state index < -0.39 is 47.5 Å². The zero-order valence-electron chi connectivity index (χ0n) is 15.1. The topological polar surface area (TPSA) is 207 Å². The summed E-state index contributed by atoms with van der Waals surface area (Å²) in [5, 5.41) is 23.3. The van der Waals surface area contributed by atoms with Gasteiger partial charge in [0, 0.05) is 11.5 Å². The second-order valence-electron chi connectivity index (χ2n) is 5.71. The van der Waals surface area contributed by atoms with E-state index in [0.717, 1.165) is 16.4 Å². The van der Waals surface area contributed by atoms with E-state index in [1.165, 1.54) is 18.9 Å². The number of carbonyl (C=O) groups excluding carboxylic acids is 2. The van der Waals surface area contributed by atoms with E-state index in [2.05, 4.69) is 24.7 Å². The standard InChI is InChI=1S/C14H14N6O8S2/c1-27-4-3-29-12-7(11(24)20(12)8(4)13(25)26)16-10(23)6(18-28-2-5(21)22)9-17-14(15)30-19-9/h7,12H,2-3H2,1H3,(H,16,23)(H,21,22)(H,25,26)(H2,15,17,19)/t7?,12-/m1/s1. The number of aliphatic carboxylic acids is 2. The fraction of sp³-hybridized carbons (Fsp3) is 0.357. The van der Waals surface area contributed by atoms with Crippen LogP contribution in [0.25, 0.3) is 0 Å². The summed E-state index contributed by atoms with van der Waals surface area (Å²) in [7, 11) is 1.30. The van der Waals surface area contributed by atoms with Crippen LogP contribution in [0, 0.1) is 0 Å². The number of anilines is 1. The fourth-order valence-electron chi connectivity index (χ4n) is 2.62. The van der Waals surface area contributed by atoms with Gasteiger partial charge in [-0.1, -0.05) is 5.16 Å². The molecule has 1 aromatic heterocycles. The van der Waals surface area contributed by atoms with Gasteiger partial charge in [-0.3, -0.25) is 14.5 Å². The molecule has 0 spiro atoms. The minimum Gasteiger partial charge on any atom is -0.498 e. The number of aromatic nitrogens is 2. The van der Waals surface area contributed by atoms with Crippen molar-refractivity contribution >= 4 is 57.9 Å². The number of nitrogens with one attached hydrogen (secondary N) is 1. The van der Waals surface area contributed by atoms with Gasteiger partial charge in [-0.05, 0) is 0 Å². The molecule has 5 N–H and O–H groups in total. The lowest BCUT2D eigenvalue weighted by molar-refractivity contribution is -0.150. The molecule has 1 unspecified atom stereocenters. The fourth-order valence-corrected chi connectivity index (χ4v) is 4.37. The number of nitrogen functional groups attached to an aromatic ring is 1. The monoisotopic (exact) mass is 458 g/mol. The molecule has 1 saturated heterocycles. The van der Waals surface area contributed by atoms with Gasteiger partial charge in [0.1, 0.15) is 17.2 Å². The number of ether oxygens (including phenoxy) is 1. The third-order valence-corrected chi connectivity index (χ3v) is 5.68. The van der Waals surface area contributed by atoms with Gasteiger partial charge in [-0.15, -0.1) is 11.8 Å². The van der Waals surface area contributed by atoms with Crippen LogP contribution >= 0.6 is 23.3 Å². The molecule has 0 radical (unpaired) electrons. The summed E-state index contributed by atoms with van der Waals surface area (Å²) in [6.07, 6.45) is 0. The Balaban J connectivity index is 1.79. The molecule has 2 aliphatic rings. The lowest BCUT2D eigenvalue weighted by Gasteiger charge is -2.48. The first-order valence-corrected chi connectivity index (χ1v) is 9.84. The third-order valence-electron chi connectivity index (χ3n) is 3.88. The SMILES string of the molecule is COC1=C(C(=O)O)N2C(=O)C(NC(=O)C(=NOCC(=O)O)c3nsc(N)n3)[C@H]2SC1. The molecule has 2 atom stereocenters. The van der Waals surface area contributed by atoms with Crippen molar-refractivity contribution in [3.05, 3.63) is 17.3 Å². The van der Waals surface area contributed by atoms with Crippen molar-refractivity contribution in [3.8, 4) is 0 Å². The maximum absolute atomic E-state index is 12.7. The number of nitrogens with two attached hydrogens (primary N) is 1. The lowest BCUT2D eigenvalue weighted by Crippen LogP contribution is -2.71. The Morgan fingerprint density at radius 1 is 1.40 bits per heavy atom. The van der Waals surface area contributed by atoms with Gasteiger partial charge in [0.15, 0.2) is 10.8 Å². The van der Waals surface area contributed by atoms with Crippen molar-refractivity contribution in [2.75, 3.05) is 25.2 Å². The first-order chi connectivity index (χ1) is 14.2. The summed E-state index contributed by atoms with van der Waals surface area (Å²) >= 11 is 1.97. The first kappa shape index (κ1) is 21.3. The molecule has 30 heavy (non-hydrogen) atoms. The Morgan fingerprint density at radius 3 is 2.70 bits per heavy atom. The normalized spacial score (nSPS) is 20.9. The highest BCUT2D eigenvalue weighted by Gasteiger charge is 2.55. The first-order valence-electron chi connectivity index (χ1n) is 8.01. The smallest absolute Gasteiger partial charge is 0.356 e. The number of oxime groups is 1. The molecular formula is C14H14N6O8S2. The third kappa shape index (κ3) is 3.99. The maximum Gasteiger partial charge on any atom is 0.356 e. The molecular weight excluding hydrogens is 444 g/mol. The number of rotatable bonds is 8. The van der Waals surface area contributed by atoms with Crippen molar-refractivity contribution in [1.82, 2.24) is 19.6 Å². The van der Waals surface area contributed by atoms with Crippen molar-refractivity contribution in [1.29, 1.82) is 0 Å². The van der Waals surface area contributed by atoms with E-state index in [1.54, 1.807) is 0 Å². The van der Waals surface area contributed by atoms with E-state index >= 15 is 0 Å². The highest BCUT2D eigenvalue weighted by atomic mass is 32.2. The molecule has 0 bridgehead atoms. The molecule has 3 heterocycles. The van der Waals surface area contributed by atoms with Crippen LogP contribution < -0.4 is 11.1 Å². The maximum atomic E-state index is 12.7. The van der Waals surface area contributed by atoms with Crippen LogP contribution in [0.5, 0.6) is 0 Å². The highest BCUT2D eigenvalue weighted by Crippen LogP contribution is 2.40. The molecule has 14 nitrogen and oxygen atoms in total. The van der Waals surface area contributed by atoms with Crippen LogP contribution in [-0.4, -0.2) is 84.8 Å². The summed E-state index contributed by atoms with van der Waals surface area (Å²) in [5.41, 5.74) is 4.73.